The van der Waals surface area contributed by atoms with Gasteiger partial charge < -0.3 is 14.8 Å². The average Bonchev–Trinajstić information content (AvgIpc) is 2.34. The van der Waals surface area contributed by atoms with Gasteiger partial charge in [-0.1, -0.05) is 0 Å². The minimum Gasteiger partial charge on any atom is -0.493 e. The summed E-state index contributed by atoms with van der Waals surface area (Å²) in [4.78, 5) is 0. The number of benzene rings is 1. The maximum absolute atomic E-state index is 14.0. The van der Waals surface area contributed by atoms with Crippen LogP contribution in [-0.2, 0) is 6.42 Å². The molecule has 1 N–H and O–H groups in total. The van der Waals surface area contributed by atoms with E-state index in [4.69, 9.17) is 9.47 Å². The molecule has 0 aliphatic heterocycles. The van der Waals surface area contributed by atoms with Crippen molar-refractivity contribution in [3.05, 3.63) is 22.5 Å². The van der Waals surface area contributed by atoms with Gasteiger partial charge in [-0.3, -0.25) is 0 Å². The van der Waals surface area contributed by atoms with E-state index in [1.54, 1.807) is 21.0 Å². The van der Waals surface area contributed by atoms with Gasteiger partial charge in [0.2, 0.25) is 0 Å². The van der Waals surface area contributed by atoms with Gasteiger partial charge >= 0.3 is 0 Å². The average molecular weight is 241 g/mol. The Labute approximate surface area is 102 Å². The normalized spacial score (nSPS) is 10.5. The van der Waals surface area contributed by atoms with Crippen molar-refractivity contribution < 1.29 is 13.9 Å². The third-order valence-electron chi connectivity index (χ3n) is 2.97. The summed E-state index contributed by atoms with van der Waals surface area (Å²) in [7, 11) is 4.97. The highest BCUT2D eigenvalue weighted by Crippen LogP contribution is 2.38. The molecule has 0 saturated heterocycles. The van der Waals surface area contributed by atoms with Crippen molar-refractivity contribution in [3.8, 4) is 11.5 Å². The van der Waals surface area contributed by atoms with E-state index in [9.17, 15) is 4.39 Å². The van der Waals surface area contributed by atoms with E-state index < -0.39 is 0 Å². The monoisotopic (exact) mass is 241 g/mol. The highest BCUT2D eigenvalue weighted by atomic mass is 19.1. The molecule has 0 saturated carbocycles. The van der Waals surface area contributed by atoms with Gasteiger partial charge in [0.1, 0.15) is 5.82 Å². The van der Waals surface area contributed by atoms with Gasteiger partial charge in [-0.15, -0.1) is 0 Å². The Morgan fingerprint density at radius 2 is 1.65 bits per heavy atom. The van der Waals surface area contributed by atoms with E-state index in [-0.39, 0.29) is 5.82 Å². The maximum atomic E-state index is 14.0. The molecule has 0 aliphatic carbocycles. The molecule has 0 unspecified atom stereocenters. The zero-order valence-electron chi connectivity index (χ0n) is 11.1. The van der Waals surface area contributed by atoms with Gasteiger partial charge in [-0.25, -0.2) is 4.39 Å². The number of halogens is 1. The standard InChI is InChI=1S/C13H20FNO2/c1-8-10(6-7-15-3)13(17-5)12(16-4)9(2)11(8)14/h15H,6-7H2,1-5H3. The summed E-state index contributed by atoms with van der Waals surface area (Å²) in [6.45, 7) is 4.24. The Kier molecular flexibility index (Phi) is 4.75. The first-order valence-electron chi connectivity index (χ1n) is 5.62. The topological polar surface area (TPSA) is 30.5 Å². The molecule has 3 nitrogen and oxygen atoms in total. The third-order valence-corrected chi connectivity index (χ3v) is 2.97. The van der Waals surface area contributed by atoms with Crippen molar-refractivity contribution in [2.75, 3.05) is 27.8 Å². The predicted molar refractivity (Wildman–Crippen MR) is 66.6 cm³/mol. The van der Waals surface area contributed by atoms with Crippen molar-refractivity contribution >= 4 is 0 Å². The van der Waals surface area contributed by atoms with E-state index in [0.717, 1.165) is 12.1 Å². The number of methoxy groups -OCH3 is 2. The number of likely N-dealkylation sites (N-methyl/N-ethyl adjacent to an activating group) is 1. The van der Waals surface area contributed by atoms with Gasteiger partial charge in [0.25, 0.3) is 0 Å². The van der Waals surface area contributed by atoms with Crippen LogP contribution in [0.5, 0.6) is 11.5 Å². The Morgan fingerprint density at radius 1 is 1.06 bits per heavy atom. The number of hydrogen-bond donors (Lipinski definition) is 1. The summed E-state index contributed by atoms with van der Waals surface area (Å²) >= 11 is 0. The first-order valence-corrected chi connectivity index (χ1v) is 5.62. The summed E-state index contributed by atoms with van der Waals surface area (Å²) in [5.74, 6) is 0.912. The summed E-state index contributed by atoms with van der Waals surface area (Å²) in [6, 6.07) is 0. The Hall–Kier alpha value is -1.29. The maximum Gasteiger partial charge on any atom is 0.166 e. The molecule has 0 bridgehead atoms. The number of nitrogens with one attached hydrogen (secondary N) is 1. The number of rotatable bonds is 5. The van der Waals surface area contributed by atoms with Gasteiger partial charge in [0.15, 0.2) is 11.5 Å². The molecule has 0 radical (unpaired) electrons. The summed E-state index contributed by atoms with van der Waals surface area (Å²) in [5.41, 5.74) is 1.99. The van der Waals surface area contributed by atoms with E-state index in [1.165, 1.54) is 7.11 Å². The molecule has 0 heterocycles. The summed E-state index contributed by atoms with van der Waals surface area (Å²) < 4.78 is 24.6. The van der Waals surface area contributed by atoms with Crippen LogP contribution in [0.25, 0.3) is 0 Å². The van der Waals surface area contributed by atoms with Gasteiger partial charge in [-0.05, 0) is 39.4 Å². The second-order valence-corrected chi connectivity index (χ2v) is 3.96. The van der Waals surface area contributed by atoms with Crippen molar-refractivity contribution in [1.29, 1.82) is 0 Å². The molecular weight excluding hydrogens is 221 g/mol. The second kappa shape index (κ2) is 5.87. The van der Waals surface area contributed by atoms with Crippen LogP contribution < -0.4 is 14.8 Å². The van der Waals surface area contributed by atoms with Crippen LogP contribution in [0.4, 0.5) is 4.39 Å². The minimum atomic E-state index is -0.214. The Bertz CT molecular complexity index is 405. The molecule has 4 heteroatoms. The second-order valence-electron chi connectivity index (χ2n) is 3.96. The van der Waals surface area contributed by atoms with Crippen molar-refractivity contribution in [1.82, 2.24) is 5.32 Å². The highest BCUT2D eigenvalue weighted by Gasteiger charge is 2.20. The fourth-order valence-electron chi connectivity index (χ4n) is 2.00. The van der Waals surface area contributed by atoms with Crippen LogP contribution in [0.1, 0.15) is 16.7 Å². The first-order chi connectivity index (χ1) is 8.08. The lowest BCUT2D eigenvalue weighted by atomic mass is 9.99. The largest absolute Gasteiger partial charge is 0.493 e. The highest BCUT2D eigenvalue weighted by molar-refractivity contribution is 5.56. The molecule has 17 heavy (non-hydrogen) atoms. The van der Waals surface area contributed by atoms with Crippen LogP contribution in [0.2, 0.25) is 0 Å². The molecule has 1 aromatic carbocycles. The van der Waals surface area contributed by atoms with Crippen molar-refractivity contribution in [2.24, 2.45) is 0 Å². The van der Waals surface area contributed by atoms with E-state index >= 15 is 0 Å². The molecule has 0 fully saturated rings. The zero-order chi connectivity index (χ0) is 13.0. The molecule has 0 atom stereocenters. The van der Waals surface area contributed by atoms with E-state index in [0.29, 0.717) is 29.0 Å². The summed E-state index contributed by atoms with van der Waals surface area (Å²) in [6.07, 6.45) is 0.707. The fourth-order valence-corrected chi connectivity index (χ4v) is 2.00. The van der Waals surface area contributed by atoms with Crippen molar-refractivity contribution in [2.45, 2.75) is 20.3 Å². The zero-order valence-corrected chi connectivity index (χ0v) is 11.1. The first kappa shape index (κ1) is 13.8. The minimum absolute atomic E-state index is 0.214. The predicted octanol–water partition coefficient (Wildman–Crippen LogP) is 2.22. The molecule has 0 spiro atoms. The van der Waals surface area contributed by atoms with Crippen LogP contribution in [0, 0.1) is 19.7 Å². The summed E-state index contributed by atoms with van der Waals surface area (Å²) in [5, 5.41) is 3.05. The Morgan fingerprint density at radius 3 is 2.12 bits per heavy atom. The van der Waals surface area contributed by atoms with E-state index in [1.807, 2.05) is 7.05 Å². The van der Waals surface area contributed by atoms with Crippen molar-refractivity contribution in [3.63, 3.8) is 0 Å². The molecular formula is C13H20FNO2. The molecule has 0 amide bonds. The molecule has 1 aromatic rings. The molecule has 0 aliphatic rings. The quantitative estimate of drug-likeness (QED) is 0.857. The van der Waals surface area contributed by atoms with Gasteiger partial charge in [-0.2, -0.15) is 0 Å². The van der Waals surface area contributed by atoms with Gasteiger partial charge in [0, 0.05) is 11.1 Å². The Balaban J connectivity index is 3.39. The van der Waals surface area contributed by atoms with Crippen LogP contribution in [-0.4, -0.2) is 27.8 Å². The third kappa shape index (κ3) is 2.52. The van der Waals surface area contributed by atoms with Gasteiger partial charge in [0.05, 0.1) is 14.2 Å². The number of hydrogen-bond acceptors (Lipinski definition) is 3. The molecule has 96 valence electrons. The molecule has 0 aromatic heterocycles. The lowest BCUT2D eigenvalue weighted by Crippen LogP contribution is -2.13. The van der Waals surface area contributed by atoms with E-state index in [2.05, 4.69) is 5.32 Å². The fraction of sp³-hybridized carbons (Fsp3) is 0.538. The number of ether oxygens (including phenoxy) is 2. The lowest BCUT2D eigenvalue weighted by Gasteiger charge is -2.18. The van der Waals surface area contributed by atoms with Crippen LogP contribution >= 0.6 is 0 Å². The smallest absolute Gasteiger partial charge is 0.166 e. The SMILES string of the molecule is CNCCc1c(C)c(F)c(C)c(OC)c1OC. The molecule has 1 rings (SSSR count). The lowest BCUT2D eigenvalue weighted by molar-refractivity contribution is 0.345. The van der Waals surface area contributed by atoms with Crippen LogP contribution in [0.3, 0.4) is 0 Å². The van der Waals surface area contributed by atoms with Crippen LogP contribution in [0.15, 0.2) is 0 Å².